The van der Waals surface area contributed by atoms with E-state index in [0.29, 0.717) is 46.2 Å². The second-order valence-electron chi connectivity index (χ2n) is 19.2. The Balaban J connectivity index is 4.81. The molecule has 6 nitrogen and oxygen atoms in total. The normalized spacial score (nSPS) is 13.0. The van der Waals surface area contributed by atoms with Crippen LogP contribution >= 0.6 is 0 Å². The number of unbranched alkanes of at least 4 members (excludes halogenated alkanes) is 33. The summed E-state index contributed by atoms with van der Waals surface area (Å²) in [6.07, 6.45) is 61.1. The van der Waals surface area contributed by atoms with Crippen LogP contribution in [0.1, 0.15) is 278 Å². The van der Waals surface area contributed by atoms with E-state index >= 15 is 0 Å². The molecule has 0 aromatic carbocycles. The van der Waals surface area contributed by atoms with Crippen molar-refractivity contribution in [1.29, 1.82) is 0 Å². The van der Waals surface area contributed by atoms with Crippen molar-refractivity contribution in [2.75, 3.05) is 66.1 Å². The van der Waals surface area contributed by atoms with Crippen LogP contribution in [0.3, 0.4) is 0 Å². The van der Waals surface area contributed by atoms with E-state index in [0.717, 1.165) is 39.1 Å². The van der Waals surface area contributed by atoms with Gasteiger partial charge in [-0.25, -0.2) is 0 Å². The molecule has 0 radical (unpaired) electrons. The van der Waals surface area contributed by atoms with Gasteiger partial charge in [0.25, 0.3) is 0 Å². The lowest BCUT2D eigenvalue weighted by Crippen LogP contribution is -2.37. The summed E-state index contributed by atoms with van der Waals surface area (Å²) in [5, 5.41) is 0. The monoisotopic (exact) mass is 921 g/mol. The van der Waals surface area contributed by atoms with Crippen LogP contribution in [-0.2, 0) is 28.4 Å². The van der Waals surface area contributed by atoms with Gasteiger partial charge in [0.2, 0.25) is 0 Å². The molecule has 0 aliphatic heterocycles. The Kier molecular flexibility index (Phi) is 58.7. The second kappa shape index (κ2) is 59.4. The molecule has 0 bridgehead atoms. The molecule has 0 heterocycles. The van der Waals surface area contributed by atoms with E-state index in [1.165, 1.54) is 231 Å². The quantitative estimate of drug-likeness (QED) is 0.0447. The van der Waals surface area contributed by atoms with Crippen molar-refractivity contribution in [3.8, 4) is 0 Å². The third-order valence-electron chi connectivity index (χ3n) is 12.8. The first-order valence-corrected chi connectivity index (χ1v) is 29.1. The highest BCUT2D eigenvalue weighted by molar-refractivity contribution is 4.82. The summed E-state index contributed by atoms with van der Waals surface area (Å²) in [4.78, 5) is 0. The molecule has 0 saturated carbocycles. The number of allylic oxidation sites excluding steroid dienone is 4. The summed E-state index contributed by atoms with van der Waals surface area (Å²) in [6.45, 7) is 15.4. The number of hydrogen-bond donors (Lipinski definition) is 0. The molecular formula is C59H116O6. The standard InChI is InChI=1S/C59H116O6/c1-5-9-12-15-18-21-24-26-28-30-32-34-37-40-43-46-49-63-57-59(64-50-47-44-41-38-35-33-31-29-27-25-22-19-16-13-10-6-2)58(48-45-42-39-36-23-20-17-14-11-7-3)65-56-55-62-54-53-61-52-51-60-8-4/h26-29,58-59H,5-25,30-57H2,1-4H3/b28-26-,29-27-. The fraction of sp³-hybridized carbons (Fsp3) is 0.932. The van der Waals surface area contributed by atoms with Crippen molar-refractivity contribution in [3.63, 3.8) is 0 Å². The van der Waals surface area contributed by atoms with Gasteiger partial charge in [0.05, 0.1) is 52.4 Å². The molecule has 0 fully saturated rings. The first kappa shape index (κ1) is 64.2. The molecule has 0 rings (SSSR count). The van der Waals surface area contributed by atoms with Crippen LogP contribution in [0.15, 0.2) is 24.3 Å². The van der Waals surface area contributed by atoms with Crippen LogP contribution < -0.4 is 0 Å². The maximum absolute atomic E-state index is 6.70. The Morgan fingerprint density at radius 1 is 0.262 bits per heavy atom. The van der Waals surface area contributed by atoms with Crippen LogP contribution in [0.5, 0.6) is 0 Å². The van der Waals surface area contributed by atoms with Gasteiger partial charge < -0.3 is 28.4 Å². The molecule has 0 aromatic rings. The van der Waals surface area contributed by atoms with Gasteiger partial charge in [0, 0.05) is 19.8 Å². The van der Waals surface area contributed by atoms with Crippen molar-refractivity contribution >= 4 is 0 Å². The molecule has 388 valence electrons. The Morgan fingerprint density at radius 2 is 0.585 bits per heavy atom. The first-order valence-electron chi connectivity index (χ1n) is 29.1. The molecule has 0 amide bonds. The zero-order chi connectivity index (χ0) is 46.9. The number of hydrogen-bond acceptors (Lipinski definition) is 6. The highest BCUT2D eigenvalue weighted by Crippen LogP contribution is 2.19. The van der Waals surface area contributed by atoms with Crippen LogP contribution in [0, 0.1) is 0 Å². The number of ether oxygens (including phenoxy) is 6. The molecule has 2 unspecified atom stereocenters. The van der Waals surface area contributed by atoms with Crippen LogP contribution in [-0.4, -0.2) is 78.3 Å². The Labute approximate surface area is 407 Å². The van der Waals surface area contributed by atoms with Crippen molar-refractivity contribution in [3.05, 3.63) is 24.3 Å². The lowest BCUT2D eigenvalue weighted by Gasteiger charge is -2.28. The predicted octanol–water partition coefficient (Wildman–Crippen LogP) is 18.2. The van der Waals surface area contributed by atoms with E-state index in [1.807, 2.05) is 6.92 Å². The predicted molar refractivity (Wildman–Crippen MR) is 284 cm³/mol. The largest absolute Gasteiger partial charge is 0.379 e. The van der Waals surface area contributed by atoms with Gasteiger partial charge in [0.1, 0.15) is 6.10 Å². The second-order valence-corrected chi connectivity index (χ2v) is 19.2. The van der Waals surface area contributed by atoms with E-state index in [9.17, 15) is 0 Å². The van der Waals surface area contributed by atoms with Crippen LogP contribution in [0.4, 0.5) is 0 Å². The van der Waals surface area contributed by atoms with Gasteiger partial charge in [-0.15, -0.1) is 0 Å². The molecule has 0 saturated heterocycles. The summed E-state index contributed by atoms with van der Waals surface area (Å²) < 4.78 is 36.6. The van der Waals surface area contributed by atoms with Crippen LogP contribution in [0.2, 0.25) is 0 Å². The van der Waals surface area contributed by atoms with E-state index in [-0.39, 0.29) is 12.2 Å². The van der Waals surface area contributed by atoms with Crippen LogP contribution in [0.25, 0.3) is 0 Å². The molecular weight excluding hydrogens is 805 g/mol. The molecule has 65 heavy (non-hydrogen) atoms. The summed E-state index contributed by atoms with van der Waals surface area (Å²) in [7, 11) is 0. The number of rotatable bonds is 58. The Morgan fingerprint density at radius 3 is 1.00 bits per heavy atom. The fourth-order valence-electron chi connectivity index (χ4n) is 8.55. The van der Waals surface area contributed by atoms with Gasteiger partial charge in [0.15, 0.2) is 0 Å². The molecule has 0 N–H and O–H groups in total. The Hall–Kier alpha value is -0.760. The molecule has 0 aliphatic rings. The highest BCUT2D eigenvalue weighted by Gasteiger charge is 2.23. The van der Waals surface area contributed by atoms with Gasteiger partial charge in [-0.3, -0.25) is 0 Å². The zero-order valence-corrected chi connectivity index (χ0v) is 44.6. The van der Waals surface area contributed by atoms with E-state index in [4.69, 9.17) is 28.4 Å². The van der Waals surface area contributed by atoms with Crippen molar-refractivity contribution in [1.82, 2.24) is 0 Å². The minimum absolute atomic E-state index is 0.0315. The molecule has 6 heteroatoms. The summed E-state index contributed by atoms with van der Waals surface area (Å²) in [5.74, 6) is 0. The fourth-order valence-corrected chi connectivity index (χ4v) is 8.55. The summed E-state index contributed by atoms with van der Waals surface area (Å²) >= 11 is 0. The zero-order valence-electron chi connectivity index (χ0n) is 44.6. The van der Waals surface area contributed by atoms with Gasteiger partial charge in [-0.05, 0) is 77.6 Å². The van der Waals surface area contributed by atoms with Gasteiger partial charge in [-0.1, -0.05) is 225 Å². The van der Waals surface area contributed by atoms with Gasteiger partial charge >= 0.3 is 0 Å². The maximum Gasteiger partial charge on any atom is 0.107 e. The third-order valence-corrected chi connectivity index (χ3v) is 12.8. The molecule has 2 atom stereocenters. The van der Waals surface area contributed by atoms with Crippen molar-refractivity contribution in [2.45, 2.75) is 290 Å². The smallest absolute Gasteiger partial charge is 0.107 e. The van der Waals surface area contributed by atoms with E-state index < -0.39 is 0 Å². The third kappa shape index (κ3) is 54.1. The van der Waals surface area contributed by atoms with E-state index in [1.54, 1.807) is 0 Å². The van der Waals surface area contributed by atoms with Crippen molar-refractivity contribution < 1.29 is 28.4 Å². The highest BCUT2D eigenvalue weighted by atomic mass is 16.6. The lowest BCUT2D eigenvalue weighted by atomic mass is 10.0. The lowest BCUT2D eigenvalue weighted by molar-refractivity contribution is -0.116. The molecule has 0 aliphatic carbocycles. The molecule has 0 aromatic heterocycles. The summed E-state index contributed by atoms with van der Waals surface area (Å²) in [5.41, 5.74) is 0. The topological polar surface area (TPSA) is 55.4 Å². The first-order chi connectivity index (χ1) is 32.3. The SMILES string of the molecule is CCCCCCCC/C=C\CCCCCCCCOCC(OCCCCCCCC/C=C\CCCCCCCC)C(CCCCCCCCCCCC)OCCOCCOCCOCC. The van der Waals surface area contributed by atoms with Gasteiger partial charge in [-0.2, -0.15) is 0 Å². The van der Waals surface area contributed by atoms with Crippen molar-refractivity contribution in [2.24, 2.45) is 0 Å². The summed E-state index contributed by atoms with van der Waals surface area (Å²) in [6, 6.07) is 0. The minimum atomic E-state index is -0.0345. The molecule has 0 spiro atoms. The minimum Gasteiger partial charge on any atom is -0.379 e. The van der Waals surface area contributed by atoms with E-state index in [2.05, 4.69) is 45.1 Å². The average Bonchev–Trinajstić information content (AvgIpc) is 3.32. The average molecular weight is 922 g/mol. The Bertz CT molecular complexity index is 870. The maximum atomic E-state index is 6.70.